The molecule has 190 valence electrons. The highest BCUT2D eigenvalue weighted by molar-refractivity contribution is 6.42. The molecule has 0 aliphatic carbocycles. The third-order valence-corrected chi connectivity index (χ3v) is 8.20. The molecule has 1 fully saturated rings. The summed E-state index contributed by atoms with van der Waals surface area (Å²) in [7, 11) is 1.78. The first-order valence-electron chi connectivity index (χ1n) is 12.2. The quantitative estimate of drug-likeness (QED) is 0.327. The Kier molecular flexibility index (Phi) is 8.97. The molecule has 36 heavy (non-hydrogen) atoms. The zero-order chi connectivity index (χ0) is 25.7. The van der Waals surface area contributed by atoms with Crippen molar-refractivity contribution in [3.8, 4) is 0 Å². The Labute approximate surface area is 228 Å². The van der Waals surface area contributed by atoms with E-state index in [9.17, 15) is 9.90 Å². The van der Waals surface area contributed by atoms with E-state index in [1.807, 2.05) is 54.6 Å². The molecule has 0 radical (unpaired) electrons. The van der Waals surface area contributed by atoms with Crippen LogP contribution in [0.15, 0.2) is 72.8 Å². The molecular weight excluding hydrogens is 515 g/mol. The van der Waals surface area contributed by atoms with Crippen LogP contribution < -0.4 is 4.90 Å². The minimum Gasteiger partial charge on any atom is -0.385 e. The van der Waals surface area contributed by atoms with Gasteiger partial charge in [0.2, 0.25) is 5.91 Å². The van der Waals surface area contributed by atoms with E-state index >= 15 is 0 Å². The molecule has 3 aromatic rings. The van der Waals surface area contributed by atoms with Crippen LogP contribution in [0.1, 0.15) is 42.7 Å². The Bertz CT molecular complexity index is 1160. The zero-order valence-corrected chi connectivity index (χ0v) is 22.6. The minimum absolute atomic E-state index is 0.0167. The SMILES string of the molecule is CN(C(=O)CC(CCN1CCC(O)(c2ccccc2)CC1)c1ccc(Cl)c(Cl)c1)c1ccc(Cl)cc1. The molecule has 1 saturated heterocycles. The van der Waals surface area contributed by atoms with Gasteiger partial charge < -0.3 is 14.9 Å². The summed E-state index contributed by atoms with van der Waals surface area (Å²) in [5.41, 5.74) is 2.00. The van der Waals surface area contributed by atoms with E-state index in [2.05, 4.69) is 4.90 Å². The number of piperidine rings is 1. The van der Waals surface area contributed by atoms with Gasteiger partial charge in [0.25, 0.3) is 0 Å². The second-order valence-corrected chi connectivity index (χ2v) is 10.8. The van der Waals surface area contributed by atoms with Gasteiger partial charge in [0.1, 0.15) is 0 Å². The van der Waals surface area contributed by atoms with Gasteiger partial charge in [-0.25, -0.2) is 0 Å². The molecule has 3 aromatic carbocycles. The second kappa shape index (κ2) is 12.0. The van der Waals surface area contributed by atoms with Crippen LogP contribution >= 0.6 is 34.8 Å². The number of rotatable bonds is 8. The van der Waals surface area contributed by atoms with Crippen LogP contribution in [0.3, 0.4) is 0 Å². The predicted molar refractivity (Wildman–Crippen MR) is 149 cm³/mol. The van der Waals surface area contributed by atoms with E-state index in [4.69, 9.17) is 34.8 Å². The Morgan fingerprint density at radius 3 is 2.28 bits per heavy atom. The number of hydrogen-bond donors (Lipinski definition) is 1. The molecule has 4 rings (SSSR count). The molecule has 1 N–H and O–H groups in total. The lowest BCUT2D eigenvalue weighted by atomic mass is 9.84. The number of nitrogens with zero attached hydrogens (tertiary/aromatic N) is 2. The highest BCUT2D eigenvalue weighted by Gasteiger charge is 2.34. The smallest absolute Gasteiger partial charge is 0.227 e. The van der Waals surface area contributed by atoms with Gasteiger partial charge in [0.05, 0.1) is 15.6 Å². The van der Waals surface area contributed by atoms with E-state index in [0.29, 0.717) is 34.3 Å². The van der Waals surface area contributed by atoms with Crippen LogP contribution in [-0.2, 0) is 10.4 Å². The van der Waals surface area contributed by atoms with Crippen molar-refractivity contribution >= 4 is 46.4 Å². The van der Waals surface area contributed by atoms with Crippen molar-refractivity contribution in [2.45, 2.75) is 37.2 Å². The van der Waals surface area contributed by atoms with Crippen LogP contribution in [-0.4, -0.2) is 42.6 Å². The van der Waals surface area contributed by atoms with E-state index in [1.165, 1.54) is 0 Å². The van der Waals surface area contributed by atoms with E-state index in [1.54, 1.807) is 30.1 Å². The fourth-order valence-corrected chi connectivity index (χ4v) is 5.26. The largest absolute Gasteiger partial charge is 0.385 e. The van der Waals surface area contributed by atoms with Crippen molar-refractivity contribution in [2.75, 3.05) is 31.6 Å². The normalized spacial score (nSPS) is 16.5. The molecule has 0 saturated carbocycles. The number of amides is 1. The molecule has 0 aromatic heterocycles. The molecule has 1 heterocycles. The molecule has 7 heteroatoms. The number of aliphatic hydroxyl groups is 1. The maximum absolute atomic E-state index is 13.2. The Balaban J connectivity index is 1.42. The van der Waals surface area contributed by atoms with Crippen molar-refractivity contribution in [2.24, 2.45) is 0 Å². The van der Waals surface area contributed by atoms with Crippen molar-refractivity contribution < 1.29 is 9.90 Å². The van der Waals surface area contributed by atoms with Gasteiger partial charge in [-0.2, -0.15) is 0 Å². The van der Waals surface area contributed by atoms with E-state index < -0.39 is 5.60 Å². The lowest BCUT2D eigenvalue weighted by molar-refractivity contribution is -0.118. The first kappa shape index (κ1) is 27.0. The first-order chi connectivity index (χ1) is 17.2. The van der Waals surface area contributed by atoms with Gasteiger partial charge in [-0.1, -0.05) is 71.2 Å². The number of likely N-dealkylation sites (tertiary alicyclic amines) is 1. The topological polar surface area (TPSA) is 43.8 Å². The van der Waals surface area contributed by atoms with Crippen LogP contribution in [0.2, 0.25) is 15.1 Å². The van der Waals surface area contributed by atoms with Gasteiger partial charge >= 0.3 is 0 Å². The number of hydrogen-bond acceptors (Lipinski definition) is 3. The molecular formula is C29H31Cl3N2O2. The van der Waals surface area contributed by atoms with Gasteiger partial charge in [-0.15, -0.1) is 0 Å². The number of benzene rings is 3. The molecule has 4 nitrogen and oxygen atoms in total. The molecule has 0 bridgehead atoms. The fourth-order valence-electron chi connectivity index (χ4n) is 4.83. The van der Waals surface area contributed by atoms with Crippen molar-refractivity contribution in [1.29, 1.82) is 0 Å². The van der Waals surface area contributed by atoms with Crippen LogP contribution in [0, 0.1) is 0 Å². The van der Waals surface area contributed by atoms with Crippen LogP contribution in [0.25, 0.3) is 0 Å². The van der Waals surface area contributed by atoms with E-state index in [-0.39, 0.29) is 11.8 Å². The molecule has 1 aliphatic heterocycles. The summed E-state index contributed by atoms with van der Waals surface area (Å²) in [5.74, 6) is 0.00226. The van der Waals surface area contributed by atoms with Gasteiger partial charge in [-0.05, 0) is 79.3 Å². The molecule has 1 aliphatic rings. The van der Waals surface area contributed by atoms with Crippen LogP contribution in [0.4, 0.5) is 5.69 Å². The summed E-state index contributed by atoms with van der Waals surface area (Å²) >= 11 is 18.5. The van der Waals surface area contributed by atoms with Crippen molar-refractivity contribution in [3.05, 3.63) is 99.0 Å². The minimum atomic E-state index is -0.780. The molecule has 1 atom stereocenters. The second-order valence-electron chi connectivity index (χ2n) is 9.53. The number of carbonyl (C=O) groups is 1. The predicted octanol–water partition coefficient (Wildman–Crippen LogP) is 7.16. The average Bonchev–Trinajstić information content (AvgIpc) is 2.89. The molecule has 1 amide bonds. The van der Waals surface area contributed by atoms with Crippen LogP contribution in [0.5, 0.6) is 0 Å². The summed E-state index contributed by atoms with van der Waals surface area (Å²) < 4.78 is 0. The third-order valence-electron chi connectivity index (χ3n) is 7.21. The Morgan fingerprint density at radius 1 is 0.972 bits per heavy atom. The van der Waals surface area contributed by atoms with Gasteiger partial charge in [0.15, 0.2) is 0 Å². The summed E-state index contributed by atoms with van der Waals surface area (Å²) in [6.07, 6.45) is 2.51. The lowest BCUT2D eigenvalue weighted by Gasteiger charge is -2.39. The summed E-state index contributed by atoms with van der Waals surface area (Å²) in [6, 6.07) is 22.8. The third kappa shape index (κ3) is 6.62. The molecule has 1 unspecified atom stereocenters. The highest BCUT2D eigenvalue weighted by atomic mass is 35.5. The monoisotopic (exact) mass is 544 g/mol. The first-order valence-corrected chi connectivity index (χ1v) is 13.4. The Morgan fingerprint density at radius 2 is 1.64 bits per heavy atom. The van der Waals surface area contributed by atoms with Crippen molar-refractivity contribution in [3.63, 3.8) is 0 Å². The zero-order valence-electron chi connectivity index (χ0n) is 20.3. The Hall–Kier alpha value is -2.08. The maximum atomic E-state index is 13.2. The standard InChI is InChI=1S/C29H31Cl3N2O2/c1-33(25-10-8-24(30)9-11-25)28(35)20-22(21-7-12-26(31)27(32)19-21)13-16-34-17-14-29(36,15-18-34)23-5-3-2-4-6-23/h2-12,19,22,36H,13-18,20H2,1H3. The number of carbonyl (C=O) groups excluding carboxylic acids is 1. The fraction of sp³-hybridized carbons (Fsp3) is 0.345. The number of anilines is 1. The van der Waals surface area contributed by atoms with Gasteiger partial charge in [0, 0.05) is 37.3 Å². The summed E-state index contributed by atoms with van der Waals surface area (Å²) in [5, 5.41) is 12.8. The van der Waals surface area contributed by atoms with Gasteiger partial charge in [-0.3, -0.25) is 4.79 Å². The lowest BCUT2D eigenvalue weighted by Crippen LogP contribution is -2.43. The maximum Gasteiger partial charge on any atom is 0.227 e. The molecule has 0 spiro atoms. The van der Waals surface area contributed by atoms with Crippen molar-refractivity contribution in [1.82, 2.24) is 4.90 Å². The van der Waals surface area contributed by atoms with E-state index in [0.717, 1.165) is 42.9 Å². The number of halogens is 3. The average molecular weight is 546 g/mol. The summed E-state index contributed by atoms with van der Waals surface area (Å²) in [6.45, 7) is 2.43. The summed E-state index contributed by atoms with van der Waals surface area (Å²) in [4.78, 5) is 17.3. The highest BCUT2D eigenvalue weighted by Crippen LogP contribution is 2.35.